The summed E-state index contributed by atoms with van der Waals surface area (Å²) in [6.45, 7) is 5.27. The lowest BCUT2D eigenvalue weighted by molar-refractivity contribution is -0.309. The van der Waals surface area contributed by atoms with Gasteiger partial charge in [0.2, 0.25) is 0 Å². The first-order valence-electron chi connectivity index (χ1n) is 5.25. The molecule has 1 aliphatic rings. The summed E-state index contributed by atoms with van der Waals surface area (Å²) in [6.07, 6.45) is 0.799. The van der Waals surface area contributed by atoms with Crippen molar-refractivity contribution in [3.8, 4) is 0 Å². The largest absolute Gasteiger partial charge is 0.345 e. The molecule has 0 aliphatic carbocycles. The summed E-state index contributed by atoms with van der Waals surface area (Å²) in [7, 11) is -3.01. The van der Waals surface area contributed by atoms with Crippen LogP contribution in [0.3, 0.4) is 0 Å². The molecule has 1 fully saturated rings. The normalized spacial score (nSPS) is 33.1. The van der Waals surface area contributed by atoms with Gasteiger partial charge in [-0.1, -0.05) is 13.8 Å². The minimum Gasteiger partial charge on any atom is -0.306 e. The van der Waals surface area contributed by atoms with Crippen LogP contribution in [-0.2, 0) is 14.0 Å². The summed E-state index contributed by atoms with van der Waals surface area (Å²) in [4.78, 5) is 4.33. The highest BCUT2D eigenvalue weighted by atomic mass is 31.2. The van der Waals surface area contributed by atoms with Crippen LogP contribution in [0.1, 0.15) is 26.7 Å². The second-order valence-corrected chi connectivity index (χ2v) is 5.51. The maximum absolute atomic E-state index is 12.3. The zero-order valence-electron chi connectivity index (χ0n) is 9.18. The lowest BCUT2D eigenvalue weighted by atomic mass is 10.4. The molecule has 15 heavy (non-hydrogen) atoms. The van der Waals surface area contributed by atoms with Crippen molar-refractivity contribution < 1.29 is 19.2 Å². The van der Waals surface area contributed by atoms with E-state index in [9.17, 15) is 4.57 Å². The van der Waals surface area contributed by atoms with Crippen LogP contribution >= 0.6 is 7.67 Å². The van der Waals surface area contributed by atoms with Crippen LogP contribution in [0.5, 0.6) is 0 Å². The summed E-state index contributed by atoms with van der Waals surface area (Å²) < 4.78 is 19.2. The quantitative estimate of drug-likeness (QED) is 0.431. The van der Waals surface area contributed by atoms with E-state index >= 15 is 0 Å². The Hall–Kier alpha value is 0.0300. The second-order valence-electron chi connectivity index (χ2n) is 3.38. The monoisotopic (exact) mass is 238 g/mol. The molecule has 2 N–H and O–H groups in total. The molecule has 0 aromatic carbocycles. The van der Waals surface area contributed by atoms with Gasteiger partial charge in [-0.05, 0) is 6.42 Å². The zero-order chi connectivity index (χ0) is 11.3. The van der Waals surface area contributed by atoms with Crippen LogP contribution in [0.15, 0.2) is 0 Å². The maximum atomic E-state index is 12.3. The van der Waals surface area contributed by atoms with Gasteiger partial charge in [0.25, 0.3) is 0 Å². The Kier molecular flexibility index (Phi) is 5.18. The van der Waals surface area contributed by atoms with Gasteiger partial charge in [0, 0.05) is 19.5 Å². The molecule has 6 nitrogen and oxygen atoms in total. The summed E-state index contributed by atoms with van der Waals surface area (Å²) in [5, 5.41) is 11.6. The van der Waals surface area contributed by atoms with E-state index in [1.807, 2.05) is 13.8 Å². The number of hydrogen-bond donors (Lipinski definition) is 2. The standard InChI is InChI=1S/C8H19N2O4P/c1-3-6-10-8(14-11)5-7-13-15(10,12)9-4-2/h8,11H,3-7H2,1-2H3,(H,9,12). The maximum Gasteiger partial charge on any atom is 0.345 e. The average molecular weight is 238 g/mol. The Morgan fingerprint density at radius 2 is 2.40 bits per heavy atom. The van der Waals surface area contributed by atoms with E-state index in [1.54, 1.807) is 4.67 Å². The van der Waals surface area contributed by atoms with E-state index in [0.29, 0.717) is 26.1 Å². The fourth-order valence-corrected chi connectivity index (χ4v) is 3.75. The predicted octanol–water partition coefficient (Wildman–Crippen LogP) is 1.65. The van der Waals surface area contributed by atoms with Gasteiger partial charge < -0.3 is 4.52 Å². The second kappa shape index (κ2) is 5.94. The summed E-state index contributed by atoms with van der Waals surface area (Å²) in [6, 6.07) is 0. The molecule has 2 unspecified atom stereocenters. The third-order valence-corrected chi connectivity index (χ3v) is 4.62. The van der Waals surface area contributed by atoms with Crippen LogP contribution in [0.4, 0.5) is 0 Å². The third kappa shape index (κ3) is 3.00. The van der Waals surface area contributed by atoms with Gasteiger partial charge in [-0.3, -0.25) is 9.82 Å². The summed E-state index contributed by atoms with van der Waals surface area (Å²) in [5.74, 6) is 0. The fourth-order valence-electron chi connectivity index (χ4n) is 1.62. The molecular formula is C8H19N2O4P. The minimum absolute atomic E-state index is 0.329. The smallest absolute Gasteiger partial charge is 0.306 e. The Labute approximate surface area is 90.0 Å². The van der Waals surface area contributed by atoms with E-state index in [-0.39, 0.29) is 0 Å². The number of nitrogens with zero attached hydrogens (tertiary/aromatic N) is 1. The molecule has 0 radical (unpaired) electrons. The molecule has 90 valence electrons. The summed E-state index contributed by atoms with van der Waals surface area (Å²) >= 11 is 0. The van der Waals surface area contributed by atoms with Crippen LogP contribution in [0.25, 0.3) is 0 Å². The Bertz CT molecular complexity index is 233. The van der Waals surface area contributed by atoms with E-state index in [2.05, 4.69) is 9.97 Å². The van der Waals surface area contributed by atoms with Crippen molar-refractivity contribution in [2.75, 3.05) is 19.7 Å². The first-order chi connectivity index (χ1) is 7.18. The van der Waals surface area contributed by atoms with Crippen LogP contribution in [0.2, 0.25) is 0 Å². The zero-order valence-corrected chi connectivity index (χ0v) is 10.1. The van der Waals surface area contributed by atoms with Gasteiger partial charge in [0.15, 0.2) is 6.23 Å². The van der Waals surface area contributed by atoms with Gasteiger partial charge in [0.1, 0.15) is 0 Å². The SMILES string of the molecule is CCCN1C(OO)CCOP1(=O)NCC. The molecule has 0 bridgehead atoms. The number of hydrogen-bond acceptors (Lipinski definition) is 4. The molecule has 0 aromatic heterocycles. The van der Waals surface area contributed by atoms with Crippen LogP contribution in [-0.4, -0.2) is 35.9 Å². The van der Waals surface area contributed by atoms with Crippen molar-refractivity contribution >= 4 is 7.67 Å². The Morgan fingerprint density at radius 1 is 1.67 bits per heavy atom. The molecule has 0 aromatic rings. The summed E-state index contributed by atoms with van der Waals surface area (Å²) in [5.41, 5.74) is 0. The van der Waals surface area contributed by atoms with E-state index in [4.69, 9.17) is 9.78 Å². The van der Waals surface area contributed by atoms with Crippen molar-refractivity contribution in [1.82, 2.24) is 9.76 Å². The van der Waals surface area contributed by atoms with Gasteiger partial charge in [-0.25, -0.2) is 9.97 Å². The lowest BCUT2D eigenvalue weighted by Gasteiger charge is -2.38. The van der Waals surface area contributed by atoms with Crippen molar-refractivity contribution in [3.05, 3.63) is 0 Å². The first-order valence-corrected chi connectivity index (χ1v) is 6.82. The molecule has 1 heterocycles. The molecule has 2 atom stereocenters. The highest BCUT2D eigenvalue weighted by Gasteiger charge is 2.40. The van der Waals surface area contributed by atoms with E-state index < -0.39 is 13.9 Å². The third-order valence-electron chi connectivity index (χ3n) is 2.23. The number of nitrogens with one attached hydrogen (secondary N) is 1. The highest BCUT2D eigenvalue weighted by molar-refractivity contribution is 7.54. The Morgan fingerprint density at radius 3 is 2.93 bits per heavy atom. The Balaban J connectivity index is 2.77. The molecule has 0 spiro atoms. The van der Waals surface area contributed by atoms with Crippen LogP contribution < -0.4 is 5.09 Å². The van der Waals surface area contributed by atoms with Crippen molar-refractivity contribution in [2.24, 2.45) is 0 Å². The first kappa shape index (κ1) is 13.1. The van der Waals surface area contributed by atoms with Crippen molar-refractivity contribution in [3.63, 3.8) is 0 Å². The van der Waals surface area contributed by atoms with E-state index in [1.165, 1.54) is 0 Å². The van der Waals surface area contributed by atoms with Gasteiger partial charge in [-0.15, -0.1) is 0 Å². The van der Waals surface area contributed by atoms with Gasteiger partial charge in [-0.2, -0.15) is 4.67 Å². The molecule has 1 aliphatic heterocycles. The van der Waals surface area contributed by atoms with Gasteiger partial charge in [0.05, 0.1) is 6.61 Å². The minimum atomic E-state index is -3.01. The van der Waals surface area contributed by atoms with Crippen molar-refractivity contribution in [2.45, 2.75) is 32.9 Å². The highest BCUT2D eigenvalue weighted by Crippen LogP contribution is 2.51. The van der Waals surface area contributed by atoms with Crippen LogP contribution in [0, 0.1) is 0 Å². The van der Waals surface area contributed by atoms with Crippen molar-refractivity contribution in [1.29, 1.82) is 0 Å². The topological polar surface area (TPSA) is 71.0 Å². The number of rotatable bonds is 5. The molecule has 7 heteroatoms. The predicted molar refractivity (Wildman–Crippen MR) is 56.4 cm³/mol. The molecule has 1 saturated heterocycles. The molecule has 1 rings (SSSR count). The lowest BCUT2D eigenvalue weighted by Crippen LogP contribution is -2.43. The molecular weight excluding hydrogens is 219 g/mol. The van der Waals surface area contributed by atoms with Gasteiger partial charge >= 0.3 is 7.67 Å². The average Bonchev–Trinajstić information content (AvgIpc) is 2.22. The molecule has 0 saturated carbocycles. The van der Waals surface area contributed by atoms with E-state index in [0.717, 1.165) is 6.42 Å². The molecule has 0 amide bonds. The fraction of sp³-hybridized carbons (Fsp3) is 1.00.